The Labute approximate surface area is 123 Å². The lowest BCUT2D eigenvalue weighted by molar-refractivity contribution is -0.148. The molecule has 1 fully saturated rings. The van der Waals surface area contributed by atoms with Crippen LogP contribution >= 0.6 is 0 Å². The molecule has 0 aliphatic carbocycles. The van der Waals surface area contributed by atoms with Gasteiger partial charge in [0.25, 0.3) is 0 Å². The molecule has 7 nitrogen and oxygen atoms in total. The highest BCUT2D eigenvalue weighted by Crippen LogP contribution is 2.35. The van der Waals surface area contributed by atoms with Gasteiger partial charge in [-0.2, -0.15) is 0 Å². The molecule has 1 aliphatic heterocycles. The third kappa shape index (κ3) is 3.48. The first-order valence-corrected chi connectivity index (χ1v) is 6.94. The first-order valence-electron chi connectivity index (χ1n) is 6.94. The van der Waals surface area contributed by atoms with Crippen LogP contribution in [0, 0.1) is 5.41 Å². The molecule has 1 saturated heterocycles. The Morgan fingerprint density at radius 1 is 1.52 bits per heavy atom. The van der Waals surface area contributed by atoms with E-state index in [4.69, 9.17) is 0 Å². The number of hydrogen-bond donors (Lipinski definition) is 2. The third-order valence-corrected chi connectivity index (χ3v) is 3.83. The zero-order chi connectivity index (χ0) is 15.5. The van der Waals surface area contributed by atoms with Crippen LogP contribution in [0.15, 0.2) is 18.6 Å². The summed E-state index contributed by atoms with van der Waals surface area (Å²) >= 11 is 0. The van der Waals surface area contributed by atoms with E-state index < -0.39 is 17.4 Å². The van der Waals surface area contributed by atoms with Gasteiger partial charge >= 0.3 is 12.0 Å². The third-order valence-electron chi connectivity index (χ3n) is 3.83. The minimum absolute atomic E-state index is 0.255. The van der Waals surface area contributed by atoms with Crippen LogP contribution in [0.2, 0.25) is 0 Å². The topological polar surface area (TPSA) is 95.4 Å². The van der Waals surface area contributed by atoms with Crippen molar-refractivity contribution in [2.24, 2.45) is 5.41 Å². The number of carbonyl (C=O) groups is 2. The van der Waals surface area contributed by atoms with E-state index in [2.05, 4.69) is 15.3 Å². The number of carboxylic acids is 1. The molecular weight excluding hydrogens is 272 g/mol. The van der Waals surface area contributed by atoms with Gasteiger partial charge in [0.15, 0.2) is 0 Å². The molecule has 7 heteroatoms. The van der Waals surface area contributed by atoms with Crippen LogP contribution in [0.3, 0.4) is 0 Å². The van der Waals surface area contributed by atoms with E-state index in [0.717, 1.165) is 12.8 Å². The molecule has 2 heterocycles. The standard InChI is InChI=1S/C14H20N4O3/c1-14(2)5-3-7-18(11(14)12(19)20)13(21)16-8-10-4-6-15-9-17-10/h4,6,9,11H,3,5,7-8H2,1-2H3,(H,16,21)(H,19,20). The van der Waals surface area contributed by atoms with Crippen LogP contribution in [-0.4, -0.2) is 44.6 Å². The second-order valence-corrected chi connectivity index (χ2v) is 5.89. The number of nitrogens with zero attached hydrogens (tertiary/aromatic N) is 3. The Bertz CT molecular complexity index is 518. The van der Waals surface area contributed by atoms with Crippen molar-refractivity contribution in [3.63, 3.8) is 0 Å². The Kier molecular flexibility index (Phi) is 4.40. The predicted molar refractivity (Wildman–Crippen MR) is 75.4 cm³/mol. The number of piperidine rings is 1. The lowest BCUT2D eigenvalue weighted by Crippen LogP contribution is -2.58. The Morgan fingerprint density at radius 3 is 2.90 bits per heavy atom. The maximum absolute atomic E-state index is 12.3. The maximum Gasteiger partial charge on any atom is 0.327 e. The second kappa shape index (κ2) is 6.07. The number of amides is 2. The van der Waals surface area contributed by atoms with Gasteiger partial charge in [0, 0.05) is 12.7 Å². The quantitative estimate of drug-likeness (QED) is 0.874. The molecule has 0 bridgehead atoms. The highest BCUT2D eigenvalue weighted by atomic mass is 16.4. The Balaban J connectivity index is 2.04. The molecule has 21 heavy (non-hydrogen) atoms. The Hall–Kier alpha value is -2.18. The summed E-state index contributed by atoms with van der Waals surface area (Å²) in [4.78, 5) is 33.0. The van der Waals surface area contributed by atoms with Gasteiger partial charge in [0.05, 0.1) is 12.2 Å². The first kappa shape index (κ1) is 15.2. The molecule has 2 rings (SSSR count). The number of hydrogen-bond acceptors (Lipinski definition) is 4. The monoisotopic (exact) mass is 292 g/mol. The summed E-state index contributed by atoms with van der Waals surface area (Å²) in [5.41, 5.74) is 0.248. The molecule has 2 amide bonds. The molecule has 1 aliphatic rings. The predicted octanol–water partition coefficient (Wildman–Crippen LogP) is 1.26. The summed E-state index contributed by atoms with van der Waals surface area (Å²) in [5.74, 6) is -0.961. The molecule has 0 radical (unpaired) electrons. The van der Waals surface area contributed by atoms with Gasteiger partial charge in [0.1, 0.15) is 12.4 Å². The zero-order valence-corrected chi connectivity index (χ0v) is 12.2. The molecule has 1 aromatic heterocycles. The van der Waals surface area contributed by atoms with Gasteiger partial charge in [0.2, 0.25) is 0 Å². The molecule has 0 saturated carbocycles. The van der Waals surface area contributed by atoms with Crippen molar-refractivity contribution in [1.29, 1.82) is 0 Å². The van der Waals surface area contributed by atoms with E-state index in [-0.39, 0.29) is 12.6 Å². The minimum atomic E-state index is -0.961. The van der Waals surface area contributed by atoms with Crippen molar-refractivity contribution in [2.75, 3.05) is 6.54 Å². The first-order chi connectivity index (χ1) is 9.92. The van der Waals surface area contributed by atoms with Crippen molar-refractivity contribution in [3.05, 3.63) is 24.3 Å². The summed E-state index contributed by atoms with van der Waals surface area (Å²) in [6.07, 6.45) is 4.60. The number of nitrogens with one attached hydrogen (secondary N) is 1. The summed E-state index contributed by atoms with van der Waals surface area (Å²) in [7, 11) is 0. The highest BCUT2D eigenvalue weighted by molar-refractivity contribution is 5.83. The number of likely N-dealkylation sites (tertiary alicyclic amines) is 1. The lowest BCUT2D eigenvalue weighted by atomic mass is 9.76. The summed E-state index contributed by atoms with van der Waals surface area (Å²) in [5, 5.41) is 12.2. The molecular formula is C14H20N4O3. The summed E-state index contributed by atoms with van der Waals surface area (Å²) in [6.45, 7) is 4.48. The van der Waals surface area contributed by atoms with E-state index in [1.54, 1.807) is 12.3 Å². The number of urea groups is 1. The lowest BCUT2D eigenvalue weighted by Gasteiger charge is -2.43. The van der Waals surface area contributed by atoms with Crippen molar-refractivity contribution in [3.8, 4) is 0 Å². The van der Waals surface area contributed by atoms with Crippen molar-refractivity contribution in [2.45, 2.75) is 39.3 Å². The van der Waals surface area contributed by atoms with Gasteiger partial charge in [-0.3, -0.25) is 0 Å². The average molecular weight is 292 g/mol. The minimum Gasteiger partial charge on any atom is -0.480 e. The van der Waals surface area contributed by atoms with Crippen LogP contribution in [0.1, 0.15) is 32.4 Å². The molecule has 1 unspecified atom stereocenters. The molecule has 1 aromatic rings. The fourth-order valence-electron chi connectivity index (χ4n) is 2.77. The normalized spacial score (nSPS) is 20.9. The second-order valence-electron chi connectivity index (χ2n) is 5.89. The fourth-order valence-corrected chi connectivity index (χ4v) is 2.77. The number of rotatable bonds is 3. The van der Waals surface area contributed by atoms with Gasteiger partial charge in [-0.1, -0.05) is 13.8 Å². The summed E-state index contributed by atoms with van der Waals surface area (Å²) in [6, 6.07) is 0.528. The largest absolute Gasteiger partial charge is 0.480 e. The van der Waals surface area contributed by atoms with E-state index in [1.165, 1.54) is 11.2 Å². The maximum atomic E-state index is 12.3. The van der Waals surface area contributed by atoms with Crippen molar-refractivity contribution in [1.82, 2.24) is 20.2 Å². The van der Waals surface area contributed by atoms with Crippen LogP contribution in [-0.2, 0) is 11.3 Å². The van der Waals surface area contributed by atoms with Crippen LogP contribution in [0.5, 0.6) is 0 Å². The van der Waals surface area contributed by atoms with E-state index >= 15 is 0 Å². The SMILES string of the molecule is CC1(C)CCCN(C(=O)NCc2ccncn2)C1C(=O)O. The van der Waals surface area contributed by atoms with Gasteiger partial charge < -0.3 is 15.3 Å². The Morgan fingerprint density at radius 2 is 2.29 bits per heavy atom. The molecule has 2 N–H and O–H groups in total. The van der Waals surface area contributed by atoms with Crippen molar-refractivity contribution < 1.29 is 14.7 Å². The highest BCUT2D eigenvalue weighted by Gasteiger charge is 2.44. The smallest absolute Gasteiger partial charge is 0.327 e. The van der Waals surface area contributed by atoms with E-state index in [1.807, 2.05) is 13.8 Å². The molecule has 0 aromatic carbocycles. The van der Waals surface area contributed by atoms with Crippen LogP contribution in [0.25, 0.3) is 0 Å². The number of aromatic nitrogens is 2. The van der Waals surface area contributed by atoms with Crippen LogP contribution < -0.4 is 5.32 Å². The fraction of sp³-hybridized carbons (Fsp3) is 0.571. The number of carbonyl (C=O) groups excluding carboxylic acids is 1. The zero-order valence-electron chi connectivity index (χ0n) is 12.2. The number of aliphatic carboxylic acids is 1. The van der Waals surface area contributed by atoms with Crippen LogP contribution in [0.4, 0.5) is 4.79 Å². The molecule has 1 atom stereocenters. The van der Waals surface area contributed by atoms with Gasteiger partial charge in [-0.25, -0.2) is 19.6 Å². The van der Waals surface area contributed by atoms with Gasteiger partial charge in [-0.15, -0.1) is 0 Å². The van der Waals surface area contributed by atoms with E-state index in [0.29, 0.717) is 12.2 Å². The average Bonchev–Trinajstić information content (AvgIpc) is 2.44. The van der Waals surface area contributed by atoms with Gasteiger partial charge in [-0.05, 0) is 24.3 Å². The van der Waals surface area contributed by atoms with E-state index in [9.17, 15) is 14.7 Å². The molecule has 0 spiro atoms. The number of carboxylic acid groups (broad SMARTS) is 1. The van der Waals surface area contributed by atoms with Crippen molar-refractivity contribution >= 4 is 12.0 Å². The summed E-state index contributed by atoms with van der Waals surface area (Å²) < 4.78 is 0. The molecule has 114 valence electrons.